The molecule has 0 aliphatic heterocycles. The highest BCUT2D eigenvalue weighted by molar-refractivity contribution is 5.54. The first kappa shape index (κ1) is 12.1. The molecule has 0 unspecified atom stereocenters. The van der Waals surface area contributed by atoms with E-state index in [1.54, 1.807) is 12.4 Å². The van der Waals surface area contributed by atoms with E-state index in [4.69, 9.17) is 0 Å². The molecule has 0 atom stereocenters. The van der Waals surface area contributed by atoms with Gasteiger partial charge in [-0.25, -0.2) is 0 Å². The van der Waals surface area contributed by atoms with Gasteiger partial charge in [0.25, 0.3) is 0 Å². The van der Waals surface area contributed by atoms with Crippen molar-refractivity contribution in [1.82, 2.24) is 9.97 Å². The molecule has 2 heterocycles. The van der Waals surface area contributed by atoms with Crippen molar-refractivity contribution in [3.63, 3.8) is 0 Å². The first-order valence-electron chi connectivity index (χ1n) is 6.36. The fraction of sp³-hybridized carbons (Fsp3) is 0. The SMILES string of the molecule is C(#Cc1ccc(-c2ccccn2)nc1)c1ccccc1. The van der Waals surface area contributed by atoms with Crippen LogP contribution in [0.2, 0.25) is 0 Å². The van der Waals surface area contributed by atoms with Crippen LogP contribution in [0.1, 0.15) is 11.1 Å². The van der Waals surface area contributed by atoms with Crippen LogP contribution in [0.4, 0.5) is 0 Å². The van der Waals surface area contributed by atoms with E-state index < -0.39 is 0 Å². The maximum absolute atomic E-state index is 4.40. The number of hydrogen-bond donors (Lipinski definition) is 0. The van der Waals surface area contributed by atoms with Gasteiger partial charge in [-0.2, -0.15) is 0 Å². The number of nitrogens with zero attached hydrogens (tertiary/aromatic N) is 2. The third kappa shape index (κ3) is 2.90. The minimum Gasteiger partial charge on any atom is -0.255 e. The molecule has 0 saturated carbocycles. The Balaban J connectivity index is 1.83. The second kappa shape index (κ2) is 5.81. The predicted octanol–water partition coefficient (Wildman–Crippen LogP) is 3.54. The van der Waals surface area contributed by atoms with Crippen LogP contribution in [0.3, 0.4) is 0 Å². The van der Waals surface area contributed by atoms with E-state index in [-0.39, 0.29) is 0 Å². The Morgan fingerprint density at radius 2 is 1.35 bits per heavy atom. The summed E-state index contributed by atoms with van der Waals surface area (Å²) in [7, 11) is 0. The number of benzene rings is 1. The smallest absolute Gasteiger partial charge is 0.0887 e. The maximum Gasteiger partial charge on any atom is 0.0887 e. The molecule has 0 N–H and O–H groups in total. The lowest BCUT2D eigenvalue weighted by Gasteiger charge is -1.98. The first-order valence-corrected chi connectivity index (χ1v) is 6.36. The minimum atomic E-state index is 0.857. The molecular formula is C18H12N2. The van der Waals surface area contributed by atoms with E-state index >= 15 is 0 Å². The van der Waals surface area contributed by atoms with Gasteiger partial charge in [0.1, 0.15) is 0 Å². The van der Waals surface area contributed by atoms with Crippen LogP contribution in [0, 0.1) is 11.8 Å². The summed E-state index contributed by atoms with van der Waals surface area (Å²) in [4.78, 5) is 8.67. The summed E-state index contributed by atoms with van der Waals surface area (Å²) in [5.41, 5.74) is 3.63. The van der Waals surface area contributed by atoms with Gasteiger partial charge < -0.3 is 0 Å². The van der Waals surface area contributed by atoms with Crippen molar-refractivity contribution in [1.29, 1.82) is 0 Å². The highest BCUT2D eigenvalue weighted by Gasteiger charge is 1.98. The Hall–Kier alpha value is -2.92. The van der Waals surface area contributed by atoms with Crippen molar-refractivity contribution in [2.75, 3.05) is 0 Å². The summed E-state index contributed by atoms with van der Waals surface area (Å²) in [6, 6.07) is 19.6. The molecule has 2 heteroatoms. The van der Waals surface area contributed by atoms with Crippen LogP contribution in [-0.2, 0) is 0 Å². The molecule has 0 spiro atoms. The zero-order valence-corrected chi connectivity index (χ0v) is 10.8. The largest absolute Gasteiger partial charge is 0.255 e. The van der Waals surface area contributed by atoms with Gasteiger partial charge >= 0.3 is 0 Å². The van der Waals surface area contributed by atoms with Gasteiger partial charge in [-0.3, -0.25) is 9.97 Å². The first-order chi connectivity index (χ1) is 9.92. The van der Waals surface area contributed by atoms with Gasteiger partial charge in [0.05, 0.1) is 11.4 Å². The van der Waals surface area contributed by atoms with Gasteiger partial charge in [-0.1, -0.05) is 36.1 Å². The molecule has 0 saturated heterocycles. The number of rotatable bonds is 1. The highest BCUT2D eigenvalue weighted by atomic mass is 14.8. The molecule has 0 fully saturated rings. The lowest BCUT2D eigenvalue weighted by Crippen LogP contribution is -1.87. The van der Waals surface area contributed by atoms with E-state index in [1.165, 1.54) is 0 Å². The molecule has 0 aliphatic carbocycles. The Kier molecular flexibility index (Phi) is 3.53. The van der Waals surface area contributed by atoms with Gasteiger partial charge in [0, 0.05) is 23.5 Å². The van der Waals surface area contributed by atoms with Crippen molar-refractivity contribution >= 4 is 0 Å². The zero-order valence-electron chi connectivity index (χ0n) is 10.8. The summed E-state index contributed by atoms with van der Waals surface area (Å²) in [6.45, 7) is 0. The van der Waals surface area contributed by atoms with Gasteiger partial charge in [0.2, 0.25) is 0 Å². The summed E-state index contributed by atoms with van der Waals surface area (Å²) in [6.07, 6.45) is 3.54. The van der Waals surface area contributed by atoms with Crippen molar-refractivity contribution in [3.8, 4) is 23.2 Å². The Bertz CT molecular complexity index is 736. The molecule has 3 rings (SSSR count). The highest BCUT2D eigenvalue weighted by Crippen LogP contribution is 2.13. The van der Waals surface area contributed by atoms with Crippen LogP contribution in [-0.4, -0.2) is 9.97 Å². The fourth-order valence-electron chi connectivity index (χ4n) is 1.80. The molecule has 2 nitrogen and oxygen atoms in total. The van der Waals surface area contributed by atoms with Crippen molar-refractivity contribution in [2.24, 2.45) is 0 Å². The van der Waals surface area contributed by atoms with Crippen LogP contribution in [0.5, 0.6) is 0 Å². The van der Waals surface area contributed by atoms with Crippen LogP contribution in [0.15, 0.2) is 73.1 Å². The second-order valence-corrected chi connectivity index (χ2v) is 4.26. The van der Waals surface area contributed by atoms with E-state index in [1.807, 2.05) is 60.7 Å². The molecule has 20 heavy (non-hydrogen) atoms. The topological polar surface area (TPSA) is 25.8 Å². The van der Waals surface area contributed by atoms with E-state index in [2.05, 4.69) is 21.8 Å². The van der Waals surface area contributed by atoms with E-state index in [9.17, 15) is 0 Å². The molecular weight excluding hydrogens is 244 g/mol. The summed E-state index contributed by atoms with van der Waals surface area (Å²) >= 11 is 0. The van der Waals surface area contributed by atoms with Gasteiger partial charge in [-0.05, 0) is 36.4 Å². The zero-order chi connectivity index (χ0) is 13.6. The number of pyridine rings is 2. The van der Waals surface area contributed by atoms with Crippen LogP contribution >= 0.6 is 0 Å². The minimum absolute atomic E-state index is 0.857. The van der Waals surface area contributed by atoms with Crippen molar-refractivity contribution < 1.29 is 0 Å². The average Bonchev–Trinajstić information content (AvgIpc) is 2.55. The normalized spacial score (nSPS) is 9.60. The summed E-state index contributed by atoms with van der Waals surface area (Å²) in [5, 5.41) is 0. The van der Waals surface area contributed by atoms with Gasteiger partial charge in [-0.15, -0.1) is 0 Å². The Morgan fingerprint density at radius 1 is 0.600 bits per heavy atom. The second-order valence-electron chi connectivity index (χ2n) is 4.26. The Morgan fingerprint density at radius 3 is 2.05 bits per heavy atom. The van der Waals surface area contributed by atoms with Gasteiger partial charge in [0.15, 0.2) is 0 Å². The summed E-state index contributed by atoms with van der Waals surface area (Å²) in [5.74, 6) is 6.22. The standard InChI is InChI=1S/C18H12N2/c1-2-6-15(7-3-1)9-10-16-11-12-18(20-14-16)17-8-4-5-13-19-17/h1-8,11-14H. The molecule has 0 aliphatic rings. The molecule has 0 amide bonds. The third-order valence-electron chi connectivity index (χ3n) is 2.82. The average molecular weight is 256 g/mol. The van der Waals surface area contributed by atoms with E-state index in [0.29, 0.717) is 0 Å². The maximum atomic E-state index is 4.40. The quantitative estimate of drug-likeness (QED) is 0.622. The Labute approximate surface area is 118 Å². The fourth-order valence-corrected chi connectivity index (χ4v) is 1.80. The molecule has 0 radical (unpaired) electrons. The molecule has 0 bridgehead atoms. The summed E-state index contributed by atoms with van der Waals surface area (Å²) < 4.78 is 0. The molecule has 94 valence electrons. The molecule has 3 aromatic rings. The third-order valence-corrected chi connectivity index (χ3v) is 2.82. The predicted molar refractivity (Wildman–Crippen MR) is 79.9 cm³/mol. The van der Waals surface area contributed by atoms with Crippen LogP contribution < -0.4 is 0 Å². The monoisotopic (exact) mass is 256 g/mol. The van der Waals surface area contributed by atoms with Crippen LogP contribution in [0.25, 0.3) is 11.4 Å². The number of aromatic nitrogens is 2. The molecule has 2 aromatic heterocycles. The number of hydrogen-bond acceptors (Lipinski definition) is 2. The van der Waals surface area contributed by atoms with Crippen molar-refractivity contribution in [3.05, 3.63) is 84.2 Å². The van der Waals surface area contributed by atoms with Crippen molar-refractivity contribution in [2.45, 2.75) is 0 Å². The lowest BCUT2D eigenvalue weighted by molar-refractivity contribution is 1.24. The van der Waals surface area contributed by atoms with E-state index in [0.717, 1.165) is 22.5 Å². The molecule has 1 aromatic carbocycles. The lowest BCUT2D eigenvalue weighted by atomic mass is 10.2.